The first-order valence-corrected chi connectivity index (χ1v) is 12.9. The van der Waals surface area contributed by atoms with Crippen molar-refractivity contribution in [3.05, 3.63) is 63.8 Å². The SMILES string of the molecule is Cc1cc2c(cc1N1CCC(NC(=O)OC(C)(C)C)CC1)C(C)(C)c1[nH]c3cc(C#N)ccc3c1C2=O. The Labute approximate surface area is 217 Å². The predicted molar refractivity (Wildman–Crippen MR) is 144 cm³/mol. The molecule has 0 saturated carbocycles. The van der Waals surface area contributed by atoms with Crippen LogP contribution in [-0.4, -0.2) is 41.6 Å². The van der Waals surface area contributed by atoms with E-state index in [1.54, 1.807) is 6.07 Å². The van der Waals surface area contributed by atoms with Crippen molar-refractivity contribution >= 4 is 28.5 Å². The van der Waals surface area contributed by atoms with Crippen molar-refractivity contribution in [1.82, 2.24) is 10.3 Å². The lowest BCUT2D eigenvalue weighted by Crippen LogP contribution is -2.46. The van der Waals surface area contributed by atoms with E-state index in [4.69, 9.17) is 4.74 Å². The van der Waals surface area contributed by atoms with E-state index < -0.39 is 11.0 Å². The number of aryl methyl sites for hydroxylation is 1. The van der Waals surface area contributed by atoms with E-state index in [9.17, 15) is 14.9 Å². The van der Waals surface area contributed by atoms with Gasteiger partial charge in [0.15, 0.2) is 5.78 Å². The minimum absolute atomic E-state index is 0.0233. The normalized spacial score (nSPS) is 17.2. The summed E-state index contributed by atoms with van der Waals surface area (Å²) in [6.07, 6.45) is 1.28. The zero-order chi connectivity index (χ0) is 26.7. The summed E-state index contributed by atoms with van der Waals surface area (Å²) in [6.45, 7) is 13.6. The number of aromatic amines is 1. The first-order valence-electron chi connectivity index (χ1n) is 12.9. The third-order valence-corrected chi connectivity index (χ3v) is 7.59. The molecule has 5 rings (SSSR count). The quantitative estimate of drug-likeness (QED) is 0.471. The van der Waals surface area contributed by atoms with Gasteiger partial charge >= 0.3 is 6.09 Å². The van der Waals surface area contributed by atoms with Crippen molar-refractivity contribution in [2.24, 2.45) is 0 Å². The van der Waals surface area contributed by atoms with Crippen molar-refractivity contribution in [2.45, 2.75) is 71.4 Å². The van der Waals surface area contributed by atoms with Crippen LogP contribution >= 0.6 is 0 Å². The lowest BCUT2D eigenvalue weighted by atomic mass is 9.70. The molecule has 1 aromatic heterocycles. The van der Waals surface area contributed by atoms with Gasteiger partial charge in [-0.15, -0.1) is 0 Å². The molecule has 37 heavy (non-hydrogen) atoms. The van der Waals surface area contributed by atoms with Gasteiger partial charge in [-0.05, 0) is 75.9 Å². The molecule has 2 heterocycles. The average molecular weight is 499 g/mol. The lowest BCUT2D eigenvalue weighted by molar-refractivity contribution is 0.0497. The highest BCUT2D eigenvalue weighted by Gasteiger charge is 2.40. The average Bonchev–Trinajstić information content (AvgIpc) is 3.22. The molecule has 1 fully saturated rings. The molecule has 1 saturated heterocycles. The number of hydrogen-bond donors (Lipinski definition) is 2. The Bertz CT molecular complexity index is 1460. The first kappa shape index (κ1) is 24.9. The fourth-order valence-electron chi connectivity index (χ4n) is 5.72. The highest BCUT2D eigenvalue weighted by atomic mass is 16.6. The number of anilines is 1. The molecule has 1 aliphatic carbocycles. The van der Waals surface area contributed by atoms with Crippen LogP contribution in [0.25, 0.3) is 10.9 Å². The Morgan fingerprint density at radius 3 is 2.54 bits per heavy atom. The second kappa shape index (κ2) is 8.65. The molecule has 1 aliphatic heterocycles. The van der Waals surface area contributed by atoms with Crippen LogP contribution in [0.1, 0.15) is 85.8 Å². The number of nitrogens with zero attached hydrogens (tertiary/aromatic N) is 2. The third kappa shape index (κ3) is 4.35. The number of piperidine rings is 1. The Hall–Kier alpha value is -3.79. The van der Waals surface area contributed by atoms with Gasteiger partial charge in [0.25, 0.3) is 0 Å². The van der Waals surface area contributed by atoms with Crippen LogP contribution in [-0.2, 0) is 10.2 Å². The zero-order valence-corrected chi connectivity index (χ0v) is 22.4. The molecule has 0 spiro atoms. The summed E-state index contributed by atoms with van der Waals surface area (Å²) in [5.74, 6) is 0.0233. The van der Waals surface area contributed by atoms with Gasteiger partial charge in [0.05, 0.1) is 17.2 Å². The Balaban J connectivity index is 1.43. The van der Waals surface area contributed by atoms with Crippen molar-refractivity contribution < 1.29 is 14.3 Å². The summed E-state index contributed by atoms with van der Waals surface area (Å²) in [4.78, 5) is 31.8. The molecule has 0 radical (unpaired) electrons. The van der Waals surface area contributed by atoms with Crippen LogP contribution in [0.4, 0.5) is 10.5 Å². The maximum atomic E-state index is 13.8. The third-order valence-electron chi connectivity index (χ3n) is 7.59. The predicted octanol–water partition coefficient (Wildman–Crippen LogP) is 5.71. The molecule has 3 aromatic rings. The number of ketones is 1. The number of H-pyrrole nitrogens is 1. The molecule has 0 bridgehead atoms. The van der Waals surface area contributed by atoms with E-state index in [2.05, 4.69) is 48.1 Å². The number of amides is 1. The molecule has 192 valence electrons. The van der Waals surface area contributed by atoms with Gasteiger partial charge in [0.1, 0.15) is 5.60 Å². The van der Waals surface area contributed by atoms with Crippen LogP contribution < -0.4 is 10.2 Å². The van der Waals surface area contributed by atoms with Gasteiger partial charge in [-0.2, -0.15) is 5.26 Å². The molecule has 2 aromatic carbocycles. The van der Waals surface area contributed by atoms with E-state index in [0.29, 0.717) is 11.1 Å². The summed E-state index contributed by atoms with van der Waals surface area (Å²) in [6, 6.07) is 11.9. The molecule has 0 unspecified atom stereocenters. The minimum atomic E-state index is -0.516. The van der Waals surface area contributed by atoms with E-state index in [0.717, 1.165) is 64.9 Å². The number of benzene rings is 2. The second-order valence-corrected chi connectivity index (χ2v) is 11.8. The molecule has 2 aliphatic rings. The van der Waals surface area contributed by atoms with Crippen LogP contribution in [0.5, 0.6) is 0 Å². The fourth-order valence-corrected chi connectivity index (χ4v) is 5.72. The Morgan fingerprint density at radius 2 is 1.89 bits per heavy atom. The van der Waals surface area contributed by atoms with Crippen molar-refractivity contribution in [2.75, 3.05) is 18.0 Å². The molecule has 2 N–H and O–H groups in total. The highest BCUT2D eigenvalue weighted by Crippen LogP contribution is 2.45. The number of ether oxygens (including phenoxy) is 1. The van der Waals surface area contributed by atoms with Gasteiger partial charge < -0.3 is 19.9 Å². The van der Waals surface area contributed by atoms with E-state index in [-0.39, 0.29) is 17.9 Å². The number of alkyl carbamates (subject to hydrolysis) is 1. The van der Waals surface area contributed by atoms with Gasteiger partial charge in [-0.1, -0.05) is 19.9 Å². The fraction of sp³-hybridized carbons (Fsp3) is 0.433. The smallest absolute Gasteiger partial charge is 0.407 e. The van der Waals surface area contributed by atoms with Crippen LogP contribution in [0.2, 0.25) is 0 Å². The topological polar surface area (TPSA) is 98.2 Å². The number of aromatic nitrogens is 1. The number of rotatable bonds is 2. The summed E-state index contributed by atoms with van der Waals surface area (Å²) < 4.78 is 5.42. The molecule has 1 amide bonds. The molecule has 7 heteroatoms. The summed E-state index contributed by atoms with van der Waals surface area (Å²) >= 11 is 0. The second-order valence-electron chi connectivity index (χ2n) is 11.8. The minimum Gasteiger partial charge on any atom is -0.444 e. The maximum Gasteiger partial charge on any atom is 0.407 e. The number of nitriles is 1. The standard InChI is InChI=1S/C30H34N4O3/c1-17-13-21-22(15-24(17)34-11-9-19(10-12-34)32-28(36)37-29(2,3)4)30(5,6)27-25(26(21)35)20-8-7-18(16-31)14-23(20)33-27/h7-8,13-15,19,33H,9-12H2,1-6H3,(H,32,36). The number of carbonyl (C=O) groups is 2. The number of nitrogens with one attached hydrogen (secondary N) is 2. The van der Waals surface area contributed by atoms with Gasteiger partial charge in [0, 0.05) is 52.4 Å². The number of carbonyl (C=O) groups excluding carboxylic acids is 2. The van der Waals surface area contributed by atoms with Crippen LogP contribution in [0.3, 0.4) is 0 Å². The van der Waals surface area contributed by atoms with E-state index >= 15 is 0 Å². The first-order chi connectivity index (χ1) is 17.4. The van der Waals surface area contributed by atoms with Crippen LogP contribution in [0.15, 0.2) is 30.3 Å². The largest absolute Gasteiger partial charge is 0.444 e. The van der Waals surface area contributed by atoms with Gasteiger partial charge in [0.2, 0.25) is 0 Å². The zero-order valence-electron chi connectivity index (χ0n) is 22.4. The summed E-state index contributed by atoms with van der Waals surface area (Å²) in [7, 11) is 0. The summed E-state index contributed by atoms with van der Waals surface area (Å²) in [5.41, 5.74) is 5.99. The van der Waals surface area contributed by atoms with Crippen molar-refractivity contribution in [3.8, 4) is 6.07 Å². The maximum absolute atomic E-state index is 13.8. The monoisotopic (exact) mass is 498 g/mol. The van der Waals surface area contributed by atoms with Crippen LogP contribution in [0, 0.1) is 18.3 Å². The van der Waals surface area contributed by atoms with Crippen molar-refractivity contribution in [1.29, 1.82) is 5.26 Å². The molecule has 7 nitrogen and oxygen atoms in total. The van der Waals surface area contributed by atoms with E-state index in [1.165, 1.54) is 0 Å². The Morgan fingerprint density at radius 1 is 1.19 bits per heavy atom. The van der Waals surface area contributed by atoms with E-state index in [1.807, 2.05) is 39.0 Å². The molecular weight excluding hydrogens is 464 g/mol. The van der Waals surface area contributed by atoms with Gasteiger partial charge in [-0.3, -0.25) is 4.79 Å². The molecular formula is C30H34N4O3. The van der Waals surface area contributed by atoms with Gasteiger partial charge in [-0.25, -0.2) is 4.79 Å². The molecule has 0 atom stereocenters. The number of hydrogen-bond acceptors (Lipinski definition) is 5. The van der Waals surface area contributed by atoms with Crippen molar-refractivity contribution in [3.63, 3.8) is 0 Å². The summed E-state index contributed by atoms with van der Waals surface area (Å²) in [5, 5.41) is 13.2. The lowest BCUT2D eigenvalue weighted by Gasteiger charge is -2.38. The Kier molecular flexibility index (Phi) is 5.82. The highest BCUT2D eigenvalue weighted by molar-refractivity contribution is 6.20. The number of fused-ring (bicyclic) bond motifs is 4.